The highest BCUT2D eigenvalue weighted by Gasteiger charge is 2.37. The third-order valence-corrected chi connectivity index (χ3v) is 3.64. The first-order valence-corrected chi connectivity index (χ1v) is 6.95. The van der Waals surface area contributed by atoms with Crippen LogP contribution in [0.2, 0.25) is 5.82 Å². The molecule has 1 heterocycles. The van der Waals surface area contributed by atoms with Gasteiger partial charge < -0.3 is 9.68 Å². The first-order valence-electron chi connectivity index (χ1n) is 6.95. The van der Waals surface area contributed by atoms with E-state index in [0.717, 1.165) is 5.56 Å². The van der Waals surface area contributed by atoms with E-state index in [9.17, 15) is 14.6 Å². The van der Waals surface area contributed by atoms with Crippen molar-refractivity contribution in [3.8, 4) is 18.1 Å². The van der Waals surface area contributed by atoms with Crippen LogP contribution in [-0.4, -0.2) is 23.7 Å². The Morgan fingerprint density at radius 3 is 2.95 bits per heavy atom. The smallest absolute Gasteiger partial charge is 0.526 e. The fourth-order valence-electron chi connectivity index (χ4n) is 2.54. The normalized spacial score (nSPS) is 16.6. The molecule has 1 N–H and O–H groups in total. The Balaban J connectivity index is 2.14. The molecule has 4 nitrogen and oxygen atoms in total. The van der Waals surface area contributed by atoms with E-state index in [0.29, 0.717) is 30.6 Å². The third-order valence-electron chi connectivity index (χ3n) is 3.64. The first-order chi connectivity index (χ1) is 10.0. The molecule has 21 heavy (non-hydrogen) atoms. The van der Waals surface area contributed by atoms with Crippen molar-refractivity contribution >= 4 is 18.7 Å². The van der Waals surface area contributed by atoms with Crippen molar-refractivity contribution in [3.63, 3.8) is 0 Å². The molecule has 0 radical (unpaired) electrons. The van der Waals surface area contributed by atoms with E-state index in [2.05, 4.69) is 5.92 Å². The predicted molar refractivity (Wildman–Crippen MR) is 80.2 cm³/mol. The zero-order chi connectivity index (χ0) is 15.4. The molecule has 2 rings (SSSR count). The van der Waals surface area contributed by atoms with E-state index in [-0.39, 0.29) is 23.8 Å². The number of benzene rings is 1. The van der Waals surface area contributed by atoms with Gasteiger partial charge in [0.25, 0.3) is 0 Å². The lowest BCUT2D eigenvalue weighted by Gasteiger charge is -2.28. The summed E-state index contributed by atoms with van der Waals surface area (Å²) in [5.74, 6) is 2.48. The van der Waals surface area contributed by atoms with Gasteiger partial charge in [-0.15, -0.1) is 12.3 Å². The van der Waals surface area contributed by atoms with Gasteiger partial charge >= 0.3 is 7.12 Å². The van der Waals surface area contributed by atoms with Gasteiger partial charge in [-0.2, -0.15) is 0 Å². The summed E-state index contributed by atoms with van der Waals surface area (Å²) in [6, 6.07) is 5.31. The van der Waals surface area contributed by atoms with Crippen molar-refractivity contribution in [2.45, 2.75) is 38.4 Å². The molecule has 0 saturated carbocycles. The van der Waals surface area contributed by atoms with Gasteiger partial charge in [-0.05, 0) is 25.0 Å². The van der Waals surface area contributed by atoms with Gasteiger partial charge in [0, 0.05) is 25.1 Å². The Morgan fingerprint density at radius 2 is 2.29 bits per heavy atom. The average Bonchev–Trinajstić information content (AvgIpc) is 2.45. The largest absolute Gasteiger partial charge is 0.535 e. The lowest BCUT2D eigenvalue weighted by atomic mass is 9.64. The van der Waals surface area contributed by atoms with Gasteiger partial charge in [-0.25, -0.2) is 0 Å². The van der Waals surface area contributed by atoms with Crippen molar-refractivity contribution in [1.82, 2.24) is 0 Å². The molecule has 0 spiro atoms. The Bertz CT molecular complexity index is 603. The second-order valence-electron chi connectivity index (χ2n) is 5.27. The van der Waals surface area contributed by atoms with Crippen LogP contribution in [0.1, 0.15) is 42.1 Å². The highest BCUT2D eigenvalue weighted by Crippen LogP contribution is 2.36. The van der Waals surface area contributed by atoms with Gasteiger partial charge in [-0.1, -0.05) is 12.1 Å². The minimum atomic E-state index is -1.08. The third kappa shape index (κ3) is 3.53. The predicted octanol–water partition coefficient (Wildman–Crippen LogP) is 2.05. The number of para-hydroxylation sites is 1. The molecule has 108 valence electrons. The van der Waals surface area contributed by atoms with Crippen LogP contribution < -0.4 is 4.65 Å². The van der Waals surface area contributed by atoms with Crippen LogP contribution in [0.3, 0.4) is 0 Å². The molecule has 0 fully saturated rings. The van der Waals surface area contributed by atoms with Gasteiger partial charge in [0.2, 0.25) is 0 Å². The summed E-state index contributed by atoms with van der Waals surface area (Å²) >= 11 is 0. The molecule has 1 aliphatic rings. The lowest BCUT2D eigenvalue weighted by Crippen LogP contribution is -2.35. The summed E-state index contributed by atoms with van der Waals surface area (Å²) in [6.45, 7) is 1.46. The maximum atomic E-state index is 11.8. The summed E-state index contributed by atoms with van der Waals surface area (Å²) in [5.41, 5.74) is 1.31. The van der Waals surface area contributed by atoms with Crippen molar-refractivity contribution in [2.75, 3.05) is 0 Å². The number of rotatable bonds is 5. The van der Waals surface area contributed by atoms with Gasteiger partial charge in [-0.3, -0.25) is 9.59 Å². The summed E-state index contributed by atoms with van der Waals surface area (Å²) in [6.07, 6.45) is 6.61. The van der Waals surface area contributed by atoms with Crippen LogP contribution in [0, 0.1) is 12.3 Å². The van der Waals surface area contributed by atoms with Crippen molar-refractivity contribution < 1.29 is 19.3 Å². The zero-order valence-electron chi connectivity index (χ0n) is 12.0. The molecule has 1 aliphatic heterocycles. The van der Waals surface area contributed by atoms with Crippen molar-refractivity contribution in [1.29, 1.82) is 0 Å². The molecule has 1 atom stereocenters. The van der Waals surface area contributed by atoms with Crippen molar-refractivity contribution in [2.24, 2.45) is 0 Å². The fraction of sp³-hybridized carbons (Fsp3) is 0.375. The number of Topliss-reactive ketones (excluding diaryl/α,β-unsaturated/α-hetero) is 2. The van der Waals surface area contributed by atoms with Crippen LogP contribution in [0.5, 0.6) is 5.75 Å². The number of carbonyl (C=O) groups is 2. The molecule has 0 aromatic heterocycles. The number of ketones is 2. The molecule has 0 aliphatic carbocycles. The maximum absolute atomic E-state index is 11.8. The van der Waals surface area contributed by atoms with E-state index in [4.69, 9.17) is 11.1 Å². The Labute approximate surface area is 124 Å². The quantitative estimate of drug-likeness (QED) is 0.510. The lowest BCUT2D eigenvalue weighted by molar-refractivity contribution is -0.119. The van der Waals surface area contributed by atoms with Gasteiger partial charge in [0.15, 0.2) is 5.78 Å². The first kappa shape index (κ1) is 15.3. The number of hydrogen-bond donors (Lipinski definition) is 1. The average molecular weight is 284 g/mol. The molecule has 1 aromatic carbocycles. The van der Waals surface area contributed by atoms with Gasteiger partial charge in [0.05, 0.1) is 5.56 Å². The fourth-order valence-corrected chi connectivity index (χ4v) is 2.54. The highest BCUT2D eigenvalue weighted by molar-refractivity contribution is 6.47. The molecular weight excluding hydrogens is 267 g/mol. The Morgan fingerprint density at radius 1 is 1.52 bits per heavy atom. The monoisotopic (exact) mass is 284 g/mol. The van der Waals surface area contributed by atoms with E-state index < -0.39 is 7.12 Å². The highest BCUT2D eigenvalue weighted by atomic mass is 16.5. The Hall–Kier alpha value is -2.06. The number of hydrogen-bond acceptors (Lipinski definition) is 4. The SMILES string of the molecule is C#CCCC(=O)C[C@H]1Cc2cccc(C(C)=O)c2OB1O. The second-order valence-corrected chi connectivity index (χ2v) is 5.27. The minimum absolute atomic E-state index is 0.0202. The van der Waals surface area contributed by atoms with Crippen LogP contribution in [0.4, 0.5) is 0 Å². The molecule has 0 amide bonds. The standard InChI is InChI=1S/C16H17BO4/c1-3-4-7-14(19)10-13-9-12-6-5-8-15(11(2)18)16(12)21-17(13)20/h1,5-6,8,13,20H,4,7,9-10H2,2H3/t13-/m1/s1. The minimum Gasteiger partial charge on any atom is -0.535 e. The topological polar surface area (TPSA) is 63.6 Å². The molecule has 0 saturated heterocycles. The van der Waals surface area contributed by atoms with E-state index in [1.807, 2.05) is 6.07 Å². The summed E-state index contributed by atoms with van der Waals surface area (Å²) in [4.78, 5) is 23.4. The molecule has 5 heteroatoms. The Kier molecular flexibility index (Phi) is 4.82. The molecule has 0 unspecified atom stereocenters. The van der Waals surface area contributed by atoms with E-state index in [1.165, 1.54) is 6.92 Å². The molecule has 1 aromatic rings. The number of terminal acetylenes is 1. The van der Waals surface area contributed by atoms with Crippen LogP contribution >= 0.6 is 0 Å². The van der Waals surface area contributed by atoms with E-state index in [1.54, 1.807) is 12.1 Å². The van der Waals surface area contributed by atoms with Crippen LogP contribution in [-0.2, 0) is 11.2 Å². The molecular formula is C16H17BO4. The van der Waals surface area contributed by atoms with Gasteiger partial charge in [0.1, 0.15) is 11.5 Å². The molecule has 0 bridgehead atoms. The van der Waals surface area contributed by atoms with Crippen LogP contribution in [0.25, 0.3) is 0 Å². The summed E-state index contributed by atoms with van der Waals surface area (Å²) < 4.78 is 5.48. The van der Waals surface area contributed by atoms with E-state index >= 15 is 0 Å². The summed E-state index contributed by atoms with van der Waals surface area (Å²) in [5, 5.41) is 10.1. The maximum Gasteiger partial charge on any atom is 0.526 e. The van der Waals surface area contributed by atoms with Crippen molar-refractivity contribution in [3.05, 3.63) is 29.3 Å². The number of fused-ring (bicyclic) bond motifs is 1. The van der Waals surface area contributed by atoms with Crippen LogP contribution in [0.15, 0.2) is 18.2 Å². The summed E-state index contributed by atoms with van der Waals surface area (Å²) in [7, 11) is -1.08. The second kappa shape index (κ2) is 6.60. The number of carbonyl (C=O) groups excluding carboxylic acids is 2. The zero-order valence-corrected chi connectivity index (χ0v) is 12.0.